The summed E-state index contributed by atoms with van der Waals surface area (Å²) in [5, 5.41) is 0. The Hall–Kier alpha value is -3.70. The van der Waals surface area contributed by atoms with Crippen LogP contribution in [0.3, 0.4) is 0 Å². The smallest absolute Gasteiger partial charge is 0.334 e. The molecule has 0 aromatic heterocycles. The summed E-state index contributed by atoms with van der Waals surface area (Å²) in [5.41, 5.74) is -0.463. The van der Waals surface area contributed by atoms with Gasteiger partial charge in [0.2, 0.25) is 0 Å². The van der Waals surface area contributed by atoms with Crippen LogP contribution in [-0.2, 0) is 57.2 Å². The first-order chi connectivity index (χ1) is 17.9. The van der Waals surface area contributed by atoms with E-state index in [9.17, 15) is 28.8 Å². The van der Waals surface area contributed by atoms with Gasteiger partial charge >= 0.3 is 35.8 Å². The molecule has 0 fully saturated rings. The third-order valence-electron chi connectivity index (χ3n) is 4.92. The molecule has 0 aliphatic carbocycles. The first kappa shape index (κ1) is 34.3. The van der Waals surface area contributed by atoms with Gasteiger partial charge in [0, 0.05) is 17.6 Å². The van der Waals surface area contributed by atoms with Gasteiger partial charge in [-0.25, -0.2) is 9.59 Å². The molecule has 0 radical (unpaired) electrons. The van der Waals surface area contributed by atoms with E-state index in [4.69, 9.17) is 28.4 Å². The molecule has 12 heteroatoms. The highest BCUT2D eigenvalue weighted by molar-refractivity contribution is 5.97. The lowest BCUT2D eigenvalue weighted by Crippen LogP contribution is -2.29. The molecule has 0 aromatic carbocycles. The summed E-state index contributed by atoms with van der Waals surface area (Å²) in [5.74, 6) is -7.45. The Morgan fingerprint density at radius 1 is 0.605 bits per heavy atom. The van der Waals surface area contributed by atoms with Crippen molar-refractivity contribution in [3.05, 3.63) is 24.3 Å². The Kier molecular flexibility index (Phi) is 16.7. The van der Waals surface area contributed by atoms with Gasteiger partial charge in [-0.1, -0.05) is 13.2 Å². The standard InChI is InChI=1S/C26H38O12/c1-8-33-23(29)17(6)19(25(31)35-10-3)14-21(27)37-13-12-16(5)38-22(28)15-20(26(32)36-11-4)18(7)24(30)34-9-2/h16,19-20H,6-15H2,1-5H3. The summed E-state index contributed by atoms with van der Waals surface area (Å²) in [6.45, 7) is 15.0. The molecule has 3 unspecified atom stereocenters. The monoisotopic (exact) mass is 542 g/mol. The van der Waals surface area contributed by atoms with Crippen molar-refractivity contribution in [2.24, 2.45) is 11.8 Å². The molecule has 0 spiro atoms. The first-order valence-electron chi connectivity index (χ1n) is 12.3. The fourth-order valence-electron chi connectivity index (χ4n) is 2.98. The van der Waals surface area contributed by atoms with E-state index in [2.05, 4.69) is 13.2 Å². The van der Waals surface area contributed by atoms with E-state index in [1.807, 2.05) is 0 Å². The summed E-state index contributed by atoms with van der Waals surface area (Å²) >= 11 is 0. The molecule has 0 aromatic rings. The van der Waals surface area contributed by atoms with Crippen LogP contribution in [0.25, 0.3) is 0 Å². The van der Waals surface area contributed by atoms with E-state index in [0.29, 0.717) is 0 Å². The average molecular weight is 543 g/mol. The van der Waals surface area contributed by atoms with Gasteiger partial charge in [-0.15, -0.1) is 0 Å². The summed E-state index contributed by atoms with van der Waals surface area (Å²) in [6.07, 6.45) is -1.65. The fraction of sp³-hybridized carbons (Fsp3) is 0.615. The van der Waals surface area contributed by atoms with Gasteiger partial charge in [-0.05, 0) is 34.6 Å². The highest BCUT2D eigenvalue weighted by Gasteiger charge is 2.33. The summed E-state index contributed by atoms with van der Waals surface area (Å²) in [6, 6.07) is 0. The van der Waals surface area contributed by atoms with Gasteiger partial charge in [0.15, 0.2) is 0 Å². The van der Waals surface area contributed by atoms with E-state index in [1.54, 1.807) is 27.7 Å². The highest BCUT2D eigenvalue weighted by Crippen LogP contribution is 2.20. The molecule has 12 nitrogen and oxygen atoms in total. The maximum Gasteiger partial charge on any atom is 0.334 e. The van der Waals surface area contributed by atoms with Crippen LogP contribution in [0.1, 0.15) is 53.9 Å². The largest absolute Gasteiger partial charge is 0.466 e. The molecular formula is C26H38O12. The third-order valence-corrected chi connectivity index (χ3v) is 4.92. The van der Waals surface area contributed by atoms with Crippen molar-refractivity contribution in [3.8, 4) is 0 Å². The minimum absolute atomic E-state index is 0.0341. The molecule has 0 rings (SSSR count). The van der Waals surface area contributed by atoms with Crippen LogP contribution in [0.15, 0.2) is 24.3 Å². The topological polar surface area (TPSA) is 158 Å². The maximum absolute atomic E-state index is 12.4. The third kappa shape index (κ3) is 12.5. The molecule has 214 valence electrons. The Labute approximate surface area is 222 Å². The number of carbonyl (C=O) groups is 6. The lowest BCUT2D eigenvalue weighted by atomic mass is 9.97. The Bertz CT molecular complexity index is 875. The van der Waals surface area contributed by atoms with Gasteiger partial charge in [0.1, 0.15) is 6.10 Å². The maximum atomic E-state index is 12.4. The quantitative estimate of drug-likeness (QED) is 0.141. The molecule has 0 N–H and O–H groups in total. The zero-order chi connectivity index (χ0) is 29.3. The summed E-state index contributed by atoms with van der Waals surface area (Å²) < 4.78 is 29.9. The van der Waals surface area contributed by atoms with Crippen molar-refractivity contribution in [2.45, 2.75) is 60.0 Å². The second-order valence-electron chi connectivity index (χ2n) is 7.82. The predicted octanol–water partition coefficient (Wildman–Crippen LogP) is 2.23. The van der Waals surface area contributed by atoms with E-state index < -0.39 is 66.6 Å². The number of carbonyl (C=O) groups excluding carboxylic acids is 6. The molecule has 0 saturated carbocycles. The summed E-state index contributed by atoms with van der Waals surface area (Å²) in [4.78, 5) is 73.1. The van der Waals surface area contributed by atoms with Crippen LogP contribution < -0.4 is 0 Å². The molecule has 0 aliphatic rings. The van der Waals surface area contributed by atoms with Gasteiger partial charge < -0.3 is 28.4 Å². The predicted molar refractivity (Wildman–Crippen MR) is 132 cm³/mol. The average Bonchev–Trinajstić information content (AvgIpc) is 2.85. The molecule has 0 amide bonds. The Morgan fingerprint density at radius 3 is 1.39 bits per heavy atom. The molecule has 0 heterocycles. The minimum atomic E-state index is -1.28. The van der Waals surface area contributed by atoms with Crippen molar-refractivity contribution in [1.82, 2.24) is 0 Å². The Morgan fingerprint density at radius 2 is 1.00 bits per heavy atom. The first-order valence-corrected chi connectivity index (χ1v) is 12.3. The molecule has 3 atom stereocenters. The molecular weight excluding hydrogens is 504 g/mol. The zero-order valence-corrected chi connectivity index (χ0v) is 22.7. The van der Waals surface area contributed by atoms with Gasteiger partial charge in [-0.2, -0.15) is 0 Å². The highest BCUT2D eigenvalue weighted by atomic mass is 16.6. The van der Waals surface area contributed by atoms with Crippen molar-refractivity contribution in [1.29, 1.82) is 0 Å². The van der Waals surface area contributed by atoms with Crippen molar-refractivity contribution in [2.75, 3.05) is 33.0 Å². The lowest BCUT2D eigenvalue weighted by Gasteiger charge is -2.19. The Balaban J connectivity index is 4.94. The van der Waals surface area contributed by atoms with E-state index in [1.165, 1.54) is 6.92 Å². The fourth-order valence-corrected chi connectivity index (χ4v) is 2.98. The lowest BCUT2D eigenvalue weighted by molar-refractivity contribution is -0.158. The van der Waals surface area contributed by atoms with Gasteiger partial charge in [-0.3, -0.25) is 19.2 Å². The summed E-state index contributed by atoms with van der Waals surface area (Å²) in [7, 11) is 0. The number of ether oxygens (including phenoxy) is 6. The van der Waals surface area contributed by atoms with E-state index >= 15 is 0 Å². The van der Waals surface area contributed by atoms with Crippen LogP contribution in [0.4, 0.5) is 0 Å². The second-order valence-corrected chi connectivity index (χ2v) is 7.82. The SMILES string of the molecule is C=C(C(=O)OCC)C(CC(=O)OCCC(C)OC(=O)CC(C(=C)C(=O)OCC)C(=O)OCC)C(=O)OCC. The number of esters is 6. The van der Waals surface area contributed by atoms with Crippen LogP contribution in [0.5, 0.6) is 0 Å². The second kappa shape index (κ2) is 18.5. The van der Waals surface area contributed by atoms with Gasteiger partial charge in [0.05, 0.1) is 57.7 Å². The number of hydrogen-bond acceptors (Lipinski definition) is 12. The minimum Gasteiger partial charge on any atom is -0.466 e. The molecule has 0 saturated heterocycles. The van der Waals surface area contributed by atoms with Crippen molar-refractivity contribution in [3.63, 3.8) is 0 Å². The van der Waals surface area contributed by atoms with Gasteiger partial charge in [0.25, 0.3) is 0 Å². The van der Waals surface area contributed by atoms with Crippen LogP contribution in [0, 0.1) is 11.8 Å². The molecule has 38 heavy (non-hydrogen) atoms. The number of hydrogen-bond donors (Lipinski definition) is 0. The number of rotatable bonds is 18. The molecule has 0 bridgehead atoms. The van der Waals surface area contributed by atoms with Crippen LogP contribution >= 0.6 is 0 Å². The van der Waals surface area contributed by atoms with Crippen molar-refractivity contribution < 1.29 is 57.2 Å². The van der Waals surface area contributed by atoms with E-state index in [-0.39, 0.29) is 50.6 Å². The molecule has 0 aliphatic heterocycles. The van der Waals surface area contributed by atoms with Crippen LogP contribution in [0.2, 0.25) is 0 Å². The zero-order valence-electron chi connectivity index (χ0n) is 22.7. The van der Waals surface area contributed by atoms with E-state index in [0.717, 1.165) is 0 Å². The van der Waals surface area contributed by atoms with Crippen LogP contribution in [-0.4, -0.2) is 75.0 Å². The van der Waals surface area contributed by atoms with Crippen molar-refractivity contribution >= 4 is 35.8 Å². The normalized spacial score (nSPS) is 12.7.